The number of aryl methyl sites for hydroxylation is 1. The number of rotatable bonds is 3. The highest BCUT2D eigenvalue weighted by Gasteiger charge is 2.13. The third-order valence-electron chi connectivity index (χ3n) is 3.03. The number of carbonyl (C=O) groups excluding carboxylic acids is 1. The number of nitrogens with zero attached hydrogens (tertiary/aromatic N) is 2. The van der Waals surface area contributed by atoms with Gasteiger partial charge in [-0.3, -0.25) is 10.1 Å². The number of amides is 1. The molecule has 3 rings (SSSR count). The van der Waals surface area contributed by atoms with Gasteiger partial charge in [-0.05, 0) is 37.3 Å². The van der Waals surface area contributed by atoms with E-state index in [4.69, 9.17) is 4.42 Å². The predicted molar refractivity (Wildman–Crippen MR) is 78.8 cm³/mol. The Morgan fingerprint density at radius 3 is 2.64 bits per heavy atom. The van der Waals surface area contributed by atoms with E-state index in [1.807, 2.05) is 19.1 Å². The molecule has 2 aromatic carbocycles. The first-order chi connectivity index (χ1) is 10.6. The summed E-state index contributed by atoms with van der Waals surface area (Å²) in [5.74, 6) is -0.617. The molecule has 1 aromatic heterocycles. The van der Waals surface area contributed by atoms with Crippen LogP contribution in [0.2, 0.25) is 0 Å². The second-order valence-corrected chi connectivity index (χ2v) is 4.74. The number of benzene rings is 2. The van der Waals surface area contributed by atoms with E-state index in [-0.39, 0.29) is 17.8 Å². The molecule has 0 atom stereocenters. The second-order valence-electron chi connectivity index (χ2n) is 4.74. The predicted octanol–water partition coefficient (Wildman–Crippen LogP) is 3.44. The molecule has 1 heterocycles. The molecule has 0 saturated carbocycles. The Balaban J connectivity index is 1.77. The van der Waals surface area contributed by atoms with Crippen molar-refractivity contribution in [2.24, 2.45) is 0 Å². The molecular weight excluding hydrogens is 285 g/mol. The van der Waals surface area contributed by atoms with Gasteiger partial charge in [0.25, 0.3) is 5.91 Å². The summed E-state index contributed by atoms with van der Waals surface area (Å²) in [6.07, 6.45) is 0. The Bertz CT molecular complexity index is 812. The summed E-state index contributed by atoms with van der Waals surface area (Å²) < 4.78 is 18.5. The average Bonchev–Trinajstić information content (AvgIpc) is 2.96. The van der Waals surface area contributed by atoms with Crippen molar-refractivity contribution < 1.29 is 13.6 Å². The van der Waals surface area contributed by atoms with Crippen LogP contribution in [0.3, 0.4) is 0 Å². The van der Waals surface area contributed by atoms with Gasteiger partial charge in [0.05, 0.1) is 0 Å². The monoisotopic (exact) mass is 297 g/mol. The van der Waals surface area contributed by atoms with Gasteiger partial charge in [0.1, 0.15) is 5.82 Å². The minimum absolute atomic E-state index is 0.0372. The molecule has 1 N–H and O–H groups in total. The molecule has 0 spiro atoms. The molecule has 0 saturated heterocycles. The van der Waals surface area contributed by atoms with E-state index in [2.05, 4.69) is 15.5 Å². The fraction of sp³-hybridized carbons (Fsp3) is 0.0625. The molecule has 5 nitrogen and oxygen atoms in total. The highest BCUT2D eigenvalue weighted by atomic mass is 19.1. The van der Waals surface area contributed by atoms with E-state index >= 15 is 0 Å². The van der Waals surface area contributed by atoms with Gasteiger partial charge in [-0.1, -0.05) is 28.9 Å². The summed E-state index contributed by atoms with van der Waals surface area (Å²) in [6.45, 7) is 1.94. The second kappa shape index (κ2) is 5.77. The Morgan fingerprint density at radius 2 is 1.91 bits per heavy atom. The lowest BCUT2D eigenvalue weighted by Gasteiger charge is -2.00. The van der Waals surface area contributed by atoms with E-state index in [1.54, 1.807) is 24.3 Å². The molecule has 110 valence electrons. The van der Waals surface area contributed by atoms with Crippen molar-refractivity contribution in [1.29, 1.82) is 0 Å². The summed E-state index contributed by atoms with van der Waals surface area (Å²) in [4.78, 5) is 12.0. The van der Waals surface area contributed by atoms with Crippen LogP contribution in [0, 0.1) is 12.7 Å². The summed E-state index contributed by atoms with van der Waals surface area (Å²) >= 11 is 0. The van der Waals surface area contributed by atoms with Crippen LogP contribution in [0.1, 0.15) is 15.9 Å². The molecule has 1 amide bonds. The molecule has 0 fully saturated rings. The van der Waals surface area contributed by atoms with Crippen LogP contribution in [-0.2, 0) is 0 Å². The van der Waals surface area contributed by atoms with Gasteiger partial charge in [0.2, 0.25) is 5.89 Å². The van der Waals surface area contributed by atoms with Crippen LogP contribution in [0.25, 0.3) is 11.5 Å². The van der Waals surface area contributed by atoms with Crippen LogP contribution in [0.15, 0.2) is 52.9 Å². The number of carbonyl (C=O) groups is 1. The molecule has 0 aliphatic heterocycles. The zero-order valence-electron chi connectivity index (χ0n) is 11.7. The van der Waals surface area contributed by atoms with E-state index in [1.165, 1.54) is 12.1 Å². The summed E-state index contributed by atoms with van der Waals surface area (Å²) in [5.41, 5.74) is 1.99. The molecule has 22 heavy (non-hydrogen) atoms. The van der Waals surface area contributed by atoms with Crippen molar-refractivity contribution in [2.75, 3.05) is 5.32 Å². The van der Waals surface area contributed by atoms with Gasteiger partial charge in [-0.25, -0.2) is 4.39 Å². The standard InChI is InChI=1S/C16H12FN3O2/c1-10-5-7-11(8-6-10)14(21)18-16-20-19-15(22-16)12-3-2-4-13(17)9-12/h2-9H,1H3,(H,18,20,21). The van der Waals surface area contributed by atoms with E-state index < -0.39 is 5.82 Å². The Hall–Kier alpha value is -3.02. The third-order valence-corrected chi connectivity index (χ3v) is 3.03. The van der Waals surface area contributed by atoms with Crippen molar-refractivity contribution in [3.63, 3.8) is 0 Å². The zero-order chi connectivity index (χ0) is 15.5. The first-order valence-corrected chi connectivity index (χ1v) is 6.59. The van der Waals surface area contributed by atoms with E-state index in [0.717, 1.165) is 5.56 Å². The Kier molecular flexibility index (Phi) is 3.65. The number of anilines is 1. The number of aromatic nitrogens is 2. The summed E-state index contributed by atoms with van der Waals surface area (Å²) in [7, 11) is 0. The van der Waals surface area contributed by atoms with Crippen LogP contribution in [-0.4, -0.2) is 16.1 Å². The highest BCUT2D eigenvalue weighted by Crippen LogP contribution is 2.20. The molecule has 0 bridgehead atoms. The summed E-state index contributed by atoms with van der Waals surface area (Å²) in [6, 6.07) is 12.8. The lowest BCUT2D eigenvalue weighted by atomic mass is 10.1. The van der Waals surface area contributed by atoms with Gasteiger partial charge >= 0.3 is 6.01 Å². The Morgan fingerprint density at radius 1 is 1.14 bits per heavy atom. The van der Waals surface area contributed by atoms with E-state index in [9.17, 15) is 9.18 Å². The molecular formula is C16H12FN3O2. The van der Waals surface area contributed by atoms with Gasteiger partial charge in [-0.2, -0.15) is 0 Å². The largest absolute Gasteiger partial charge is 0.403 e. The highest BCUT2D eigenvalue weighted by molar-refractivity contribution is 6.03. The molecule has 0 aliphatic carbocycles. The van der Waals surface area contributed by atoms with Crippen LogP contribution < -0.4 is 5.32 Å². The molecule has 6 heteroatoms. The van der Waals surface area contributed by atoms with Gasteiger partial charge in [-0.15, -0.1) is 5.10 Å². The van der Waals surface area contributed by atoms with Gasteiger partial charge < -0.3 is 4.42 Å². The average molecular weight is 297 g/mol. The number of hydrogen-bond acceptors (Lipinski definition) is 4. The Labute approximate surface area is 125 Å². The van der Waals surface area contributed by atoms with Crippen LogP contribution in [0.5, 0.6) is 0 Å². The maximum atomic E-state index is 13.2. The first kappa shape index (κ1) is 13.9. The third kappa shape index (κ3) is 3.01. The topological polar surface area (TPSA) is 68.0 Å². The van der Waals surface area contributed by atoms with Crippen molar-refractivity contribution >= 4 is 11.9 Å². The normalized spacial score (nSPS) is 10.5. The lowest BCUT2D eigenvalue weighted by molar-refractivity contribution is 0.102. The van der Waals surface area contributed by atoms with Crippen LogP contribution >= 0.6 is 0 Å². The summed E-state index contributed by atoms with van der Waals surface area (Å²) in [5, 5.41) is 10.0. The smallest absolute Gasteiger partial charge is 0.322 e. The minimum Gasteiger partial charge on any atom is -0.403 e. The number of halogens is 1. The molecule has 0 radical (unpaired) electrons. The molecule has 3 aromatic rings. The van der Waals surface area contributed by atoms with Crippen molar-refractivity contribution in [2.45, 2.75) is 6.92 Å². The van der Waals surface area contributed by atoms with E-state index in [0.29, 0.717) is 11.1 Å². The molecule has 0 aliphatic rings. The lowest BCUT2D eigenvalue weighted by Crippen LogP contribution is -2.11. The fourth-order valence-electron chi connectivity index (χ4n) is 1.89. The van der Waals surface area contributed by atoms with Crippen molar-refractivity contribution in [3.8, 4) is 11.5 Å². The van der Waals surface area contributed by atoms with Crippen molar-refractivity contribution in [1.82, 2.24) is 10.2 Å². The first-order valence-electron chi connectivity index (χ1n) is 6.59. The SMILES string of the molecule is Cc1ccc(C(=O)Nc2nnc(-c3cccc(F)c3)o2)cc1. The van der Waals surface area contributed by atoms with Gasteiger partial charge in [0.15, 0.2) is 0 Å². The zero-order valence-corrected chi connectivity index (χ0v) is 11.7. The van der Waals surface area contributed by atoms with Gasteiger partial charge in [0, 0.05) is 11.1 Å². The van der Waals surface area contributed by atoms with Crippen LogP contribution in [0.4, 0.5) is 10.4 Å². The minimum atomic E-state index is -0.402. The maximum Gasteiger partial charge on any atom is 0.322 e. The quantitative estimate of drug-likeness (QED) is 0.804. The molecule has 0 unspecified atom stereocenters. The van der Waals surface area contributed by atoms with Crippen molar-refractivity contribution in [3.05, 3.63) is 65.5 Å². The number of hydrogen-bond donors (Lipinski definition) is 1. The number of nitrogens with one attached hydrogen (secondary N) is 1. The fourth-order valence-corrected chi connectivity index (χ4v) is 1.89. The maximum absolute atomic E-state index is 13.2.